The summed E-state index contributed by atoms with van der Waals surface area (Å²) >= 11 is 6.65. The largest absolute Gasteiger partial charge is 0.388 e. The van der Waals surface area contributed by atoms with Crippen LogP contribution in [0.25, 0.3) is 0 Å². The standard InChI is InChI=1S/C11H11N3S2/c12-11(15)10-9(4-1-5-13-10)14-7-8-3-2-6-16-8/h1-6,14H,7H2,(H2,12,15). The first-order valence-corrected chi connectivity index (χ1v) is 6.07. The van der Waals surface area contributed by atoms with Crippen LogP contribution in [0.1, 0.15) is 10.6 Å². The van der Waals surface area contributed by atoms with Gasteiger partial charge in [0.1, 0.15) is 10.7 Å². The maximum Gasteiger partial charge on any atom is 0.124 e. The molecular formula is C11H11N3S2. The van der Waals surface area contributed by atoms with Crippen molar-refractivity contribution in [2.75, 3.05) is 5.32 Å². The van der Waals surface area contributed by atoms with Crippen molar-refractivity contribution >= 4 is 34.2 Å². The summed E-state index contributed by atoms with van der Waals surface area (Å²) in [6.45, 7) is 0.763. The molecule has 2 aromatic rings. The molecule has 2 rings (SSSR count). The van der Waals surface area contributed by atoms with Crippen molar-refractivity contribution in [2.24, 2.45) is 5.73 Å². The fraction of sp³-hybridized carbons (Fsp3) is 0.0909. The molecule has 0 bridgehead atoms. The van der Waals surface area contributed by atoms with Crippen LogP contribution in [0, 0.1) is 0 Å². The summed E-state index contributed by atoms with van der Waals surface area (Å²) in [6, 6.07) is 7.89. The summed E-state index contributed by atoms with van der Waals surface area (Å²) in [7, 11) is 0. The fourth-order valence-corrected chi connectivity index (χ4v) is 2.15. The van der Waals surface area contributed by atoms with Gasteiger partial charge in [-0.05, 0) is 23.6 Å². The lowest BCUT2D eigenvalue weighted by molar-refractivity contribution is 1.16. The second-order valence-electron chi connectivity index (χ2n) is 3.20. The van der Waals surface area contributed by atoms with Crippen LogP contribution < -0.4 is 11.1 Å². The SMILES string of the molecule is NC(=S)c1ncccc1NCc1cccs1. The molecule has 0 aliphatic rings. The van der Waals surface area contributed by atoms with Crippen LogP contribution in [0.5, 0.6) is 0 Å². The minimum Gasteiger partial charge on any atom is -0.388 e. The number of nitrogens with one attached hydrogen (secondary N) is 1. The van der Waals surface area contributed by atoms with Crippen LogP contribution in [-0.2, 0) is 6.54 Å². The summed E-state index contributed by atoms with van der Waals surface area (Å²) in [5, 5.41) is 5.33. The number of aromatic nitrogens is 1. The third kappa shape index (κ3) is 2.56. The third-order valence-corrected chi connectivity index (χ3v) is 3.14. The molecule has 2 aromatic heterocycles. The summed E-state index contributed by atoms with van der Waals surface area (Å²) in [5.41, 5.74) is 7.12. The van der Waals surface area contributed by atoms with E-state index in [0.29, 0.717) is 10.7 Å². The van der Waals surface area contributed by atoms with Gasteiger partial charge in [-0.2, -0.15) is 0 Å². The van der Waals surface area contributed by atoms with Crippen molar-refractivity contribution in [1.82, 2.24) is 4.98 Å². The minimum atomic E-state index is 0.314. The Morgan fingerprint density at radius 2 is 2.31 bits per heavy atom. The molecule has 0 aromatic carbocycles. The van der Waals surface area contributed by atoms with Gasteiger partial charge in [-0.3, -0.25) is 4.98 Å². The first-order valence-electron chi connectivity index (χ1n) is 4.78. The van der Waals surface area contributed by atoms with E-state index in [-0.39, 0.29) is 0 Å². The predicted octanol–water partition coefficient (Wildman–Crippen LogP) is 2.39. The Hall–Kier alpha value is -1.46. The molecule has 0 aliphatic heterocycles. The van der Waals surface area contributed by atoms with Gasteiger partial charge >= 0.3 is 0 Å². The number of rotatable bonds is 4. The normalized spacial score (nSPS) is 10.0. The van der Waals surface area contributed by atoms with E-state index in [2.05, 4.69) is 21.7 Å². The van der Waals surface area contributed by atoms with E-state index in [9.17, 15) is 0 Å². The Balaban J connectivity index is 2.12. The van der Waals surface area contributed by atoms with Crippen LogP contribution in [0.3, 0.4) is 0 Å². The van der Waals surface area contributed by atoms with Crippen molar-refractivity contribution in [1.29, 1.82) is 0 Å². The van der Waals surface area contributed by atoms with Gasteiger partial charge in [0.05, 0.1) is 5.69 Å². The summed E-state index contributed by atoms with van der Waals surface area (Å²) < 4.78 is 0. The number of thiophene rings is 1. The van der Waals surface area contributed by atoms with Gasteiger partial charge in [0, 0.05) is 17.6 Å². The van der Waals surface area contributed by atoms with Gasteiger partial charge in [-0.25, -0.2) is 0 Å². The van der Waals surface area contributed by atoms with E-state index < -0.39 is 0 Å². The molecule has 3 nitrogen and oxygen atoms in total. The molecular weight excluding hydrogens is 238 g/mol. The van der Waals surface area contributed by atoms with E-state index in [0.717, 1.165) is 12.2 Å². The maximum absolute atomic E-state index is 5.60. The van der Waals surface area contributed by atoms with Gasteiger partial charge in [-0.1, -0.05) is 18.3 Å². The highest BCUT2D eigenvalue weighted by atomic mass is 32.1. The van der Waals surface area contributed by atoms with Crippen LogP contribution in [0.2, 0.25) is 0 Å². The predicted molar refractivity (Wildman–Crippen MR) is 71.8 cm³/mol. The lowest BCUT2D eigenvalue weighted by Gasteiger charge is -2.08. The van der Waals surface area contributed by atoms with Gasteiger partial charge in [0.25, 0.3) is 0 Å². The molecule has 0 radical (unpaired) electrons. The van der Waals surface area contributed by atoms with Crippen LogP contribution >= 0.6 is 23.6 Å². The van der Waals surface area contributed by atoms with Gasteiger partial charge in [0.2, 0.25) is 0 Å². The Kier molecular flexibility index (Phi) is 3.48. The van der Waals surface area contributed by atoms with Gasteiger partial charge < -0.3 is 11.1 Å². The van der Waals surface area contributed by atoms with Crippen LogP contribution in [0.4, 0.5) is 5.69 Å². The summed E-state index contributed by atoms with van der Waals surface area (Å²) in [5.74, 6) is 0. The molecule has 16 heavy (non-hydrogen) atoms. The Labute approximate surface area is 103 Å². The fourth-order valence-electron chi connectivity index (χ4n) is 1.34. The molecule has 0 aliphatic carbocycles. The average molecular weight is 249 g/mol. The average Bonchev–Trinajstić information content (AvgIpc) is 2.79. The molecule has 0 saturated carbocycles. The molecule has 3 N–H and O–H groups in total. The number of anilines is 1. The van der Waals surface area contributed by atoms with Gasteiger partial charge in [0.15, 0.2) is 0 Å². The molecule has 5 heteroatoms. The number of hydrogen-bond donors (Lipinski definition) is 2. The van der Waals surface area contributed by atoms with Crippen molar-refractivity contribution in [3.8, 4) is 0 Å². The molecule has 2 heterocycles. The first kappa shape index (κ1) is 11.0. The van der Waals surface area contributed by atoms with E-state index in [1.807, 2.05) is 18.2 Å². The minimum absolute atomic E-state index is 0.314. The highest BCUT2D eigenvalue weighted by Gasteiger charge is 2.05. The van der Waals surface area contributed by atoms with Crippen molar-refractivity contribution in [2.45, 2.75) is 6.54 Å². The van der Waals surface area contributed by atoms with Crippen molar-refractivity contribution in [3.63, 3.8) is 0 Å². The summed E-state index contributed by atoms with van der Waals surface area (Å²) in [4.78, 5) is 5.73. The smallest absolute Gasteiger partial charge is 0.124 e. The Morgan fingerprint density at radius 3 is 3.00 bits per heavy atom. The highest BCUT2D eigenvalue weighted by Crippen LogP contribution is 2.15. The van der Waals surface area contributed by atoms with Crippen molar-refractivity contribution in [3.05, 3.63) is 46.4 Å². The van der Waals surface area contributed by atoms with E-state index in [4.69, 9.17) is 18.0 Å². The number of thiocarbonyl (C=S) groups is 1. The topological polar surface area (TPSA) is 50.9 Å². The van der Waals surface area contributed by atoms with E-state index >= 15 is 0 Å². The van der Waals surface area contributed by atoms with Crippen LogP contribution in [0.15, 0.2) is 35.8 Å². The zero-order valence-electron chi connectivity index (χ0n) is 8.51. The monoisotopic (exact) mass is 249 g/mol. The third-order valence-electron chi connectivity index (χ3n) is 2.07. The quantitative estimate of drug-likeness (QED) is 0.817. The zero-order chi connectivity index (χ0) is 11.4. The van der Waals surface area contributed by atoms with E-state index in [1.54, 1.807) is 17.5 Å². The molecule has 0 fully saturated rings. The number of nitrogens with zero attached hydrogens (tertiary/aromatic N) is 1. The molecule has 82 valence electrons. The molecule has 0 saturated heterocycles. The summed E-state index contributed by atoms with van der Waals surface area (Å²) in [6.07, 6.45) is 1.69. The first-order chi connectivity index (χ1) is 7.77. The second kappa shape index (κ2) is 5.05. The van der Waals surface area contributed by atoms with Crippen LogP contribution in [-0.4, -0.2) is 9.97 Å². The zero-order valence-corrected chi connectivity index (χ0v) is 10.1. The van der Waals surface area contributed by atoms with Crippen molar-refractivity contribution < 1.29 is 0 Å². The lowest BCUT2D eigenvalue weighted by atomic mass is 10.3. The van der Waals surface area contributed by atoms with Gasteiger partial charge in [-0.15, -0.1) is 11.3 Å². The Bertz CT molecular complexity index is 480. The second-order valence-corrected chi connectivity index (χ2v) is 4.67. The lowest BCUT2D eigenvalue weighted by Crippen LogP contribution is -2.14. The van der Waals surface area contributed by atoms with E-state index in [1.165, 1.54) is 4.88 Å². The maximum atomic E-state index is 5.60. The molecule has 0 amide bonds. The Morgan fingerprint density at radius 1 is 1.44 bits per heavy atom. The number of hydrogen-bond acceptors (Lipinski definition) is 4. The molecule has 0 unspecified atom stereocenters. The number of pyridine rings is 1. The number of nitrogens with two attached hydrogens (primary N) is 1. The highest BCUT2D eigenvalue weighted by molar-refractivity contribution is 7.80. The molecule has 0 spiro atoms. The molecule has 0 atom stereocenters.